The summed E-state index contributed by atoms with van der Waals surface area (Å²) in [6.45, 7) is 1.87. The van der Waals surface area contributed by atoms with Crippen LogP contribution in [0, 0.1) is 0 Å². The lowest BCUT2D eigenvalue weighted by Gasteiger charge is -2.15. The molecule has 3 rings (SSSR count). The molecule has 1 amide bonds. The van der Waals surface area contributed by atoms with E-state index in [0.717, 1.165) is 10.0 Å². The van der Waals surface area contributed by atoms with Gasteiger partial charge in [0.1, 0.15) is 11.2 Å². The maximum atomic E-state index is 12.4. The van der Waals surface area contributed by atoms with Gasteiger partial charge in [0.25, 0.3) is 11.5 Å². The third-order valence-corrected chi connectivity index (χ3v) is 4.30. The molecular formula is C17H14BrN3O2. The van der Waals surface area contributed by atoms with E-state index in [0.29, 0.717) is 5.65 Å². The highest BCUT2D eigenvalue weighted by Gasteiger charge is 2.17. The van der Waals surface area contributed by atoms with Crippen LogP contribution in [0.4, 0.5) is 0 Å². The highest BCUT2D eigenvalue weighted by molar-refractivity contribution is 9.10. The van der Waals surface area contributed by atoms with E-state index >= 15 is 0 Å². The molecular weight excluding hydrogens is 358 g/mol. The van der Waals surface area contributed by atoms with Crippen LogP contribution in [0.25, 0.3) is 5.65 Å². The van der Waals surface area contributed by atoms with Crippen LogP contribution in [-0.2, 0) is 0 Å². The fourth-order valence-corrected chi connectivity index (χ4v) is 2.99. The van der Waals surface area contributed by atoms with Crippen LogP contribution in [0.3, 0.4) is 0 Å². The Morgan fingerprint density at radius 2 is 1.96 bits per heavy atom. The van der Waals surface area contributed by atoms with Crippen molar-refractivity contribution in [2.75, 3.05) is 0 Å². The van der Waals surface area contributed by atoms with Gasteiger partial charge in [0.05, 0.1) is 6.04 Å². The van der Waals surface area contributed by atoms with Crippen molar-refractivity contribution in [2.24, 2.45) is 0 Å². The summed E-state index contributed by atoms with van der Waals surface area (Å²) in [5, 5.41) is 2.84. The van der Waals surface area contributed by atoms with Gasteiger partial charge in [0.2, 0.25) is 0 Å². The topological polar surface area (TPSA) is 63.5 Å². The number of carbonyl (C=O) groups is 1. The first kappa shape index (κ1) is 15.4. The van der Waals surface area contributed by atoms with Gasteiger partial charge in [-0.05, 0) is 30.7 Å². The van der Waals surface area contributed by atoms with E-state index in [2.05, 4.69) is 26.2 Å². The number of carbonyl (C=O) groups excluding carboxylic acids is 1. The van der Waals surface area contributed by atoms with Crippen LogP contribution < -0.4 is 10.9 Å². The fourth-order valence-electron chi connectivity index (χ4n) is 2.36. The number of amides is 1. The zero-order valence-corrected chi connectivity index (χ0v) is 13.9. The molecule has 0 aliphatic carbocycles. The number of halogens is 1. The van der Waals surface area contributed by atoms with Crippen molar-refractivity contribution in [1.82, 2.24) is 14.7 Å². The largest absolute Gasteiger partial charge is 0.345 e. The van der Waals surface area contributed by atoms with Gasteiger partial charge in [-0.25, -0.2) is 4.98 Å². The van der Waals surface area contributed by atoms with Gasteiger partial charge in [-0.3, -0.25) is 14.0 Å². The summed E-state index contributed by atoms with van der Waals surface area (Å²) in [6, 6.07) is 12.6. The zero-order valence-electron chi connectivity index (χ0n) is 12.4. The molecule has 0 saturated carbocycles. The summed E-state index contributed by atoms with van der Waals surface area (Å²) in [4.78, 5) is 29.0. The Morgan fingerprint density at radius 3 is 2.74 bits per heavy atom. The molecule has 5 nitrogen and oxygen atoms in total. The van der Waals surface area contributed by atoms with Crippen LogP contribution in [-0.4, -0.2) is 15.3 Å². The average molecular weight is 372 g/mol. The van der Waals surface area contributed by atoms with Crippen LogP contribution in [0.1, 0.15) is 28.9 Å². The van der Waals surface area contributed by atoms with Gasteiger partial charge < -0.3 is 5.32 Å². The fraction of sp³-hybridized carbons (Fsp3) is 0.118. The molecule has 3 aromatic rings. The highest BCUT2D eigenvalue weighted by Crippen LogP contribution is 2.22. The molecule has 1 atom stereocenters. The van der Waals surface area contributed by atoms with Gasteiger partial charge in [-0.15, -0.1) is 0 Å². The molecule has 2 heterocycles. The van der Waals surface area contributed by atoms with Crippen molar-refractivity contribution in [3.05, 3.63) is 80.8 Å². The van der Waals surface area contributed by atoms with Crippen molar-refractivity contribution in [3.8, 4) is 0 Å². The number of pyridine rings is 1. The average Bonchev–Trinajstić information content (AvgIpc) is 2.55. The third kappa shape index (κ3) is 3.03. The monoisotopic (exact) mass is 371 g/mol. The SMILES string of the molecule is CC(NC(=O)c1cnc2ccccn2c1=O)c1ccccc1Br. The lowest BCUT2D eigenvalue weighted by atomic mass is 10.1. The quantitative estimate of drug-likeness (QED) is 0.769. The summed E-state index contributed by atoms with van der Waals surface area (Å²) in [5.74, 6) is -0.441. The highest BCUT2D eigenvalue weighted by atomic mass is 79.9. The number of nitrogens with one attached hydrogen (secondary N) is 1. The zero-order chi connectivity index (χ0) is 16.4. The van der Waals surface area contributed by atoms with Crippen molar-refractivity contribution in [1.29, 1.82) is 0 Å². The lowest BCUT2D eigenvalue weighted by Crippen LogP contribution is -2.33. The van der Waals surface area contributed by atoms with Crippen molar-refractivity contribution in [2.45, 2.75) is 13.0 Å². The number of hydrogen-bond donors (Lipinski definition) is 1. The molecule has 116 valence electrons. The Bertz CT molecular complexity index is 936. The number of aromatic nitrogens is 2. The maximum absolute atomic E-state index is 12.4. The molecule has 0 fully saturated rings. The molecule has 0 aliphatic heterocycles. The Hall–Kier alpha value is -2.47. The van der Waals surface area contributed by atoms with Gasteiger partial charge in [0.15, 0.2) is 0 Å². The van der Waals surface area contributed by atoms with Crippen molar-refractivity contribution < 1.29 is 4.79 Å². The third-order valence-electron chi connectivity index (χ3n) is 3.58. The van der Waals surface area contributed by atoms with E-state index in [1.165, 1.54) is 10.6 Å². The van der Waals surface area contributed by atoms with Crippen molar-refractivity contribution in [3.63, 3.8) is 0 Å². The van der Waals surface area contributed by atoms with Crippen LogP contribution >= 0.6 is 15.9 Å². The standard InChI is InChI=1S/C17H14BrN3O2/c1-11(12-6-2-3-7-14(12)18)20-16(22)13-10-19-15-8-4-5-9-21(15)17(13)23/h2-11H,1H3,(H,20,22). The van der Waals surface area contributed by atoms with E-state index in [9.17, 15) is 9.59 Å². The van der Waals surface area contributed by atoms with E-state index < -0.39 is 5.91 Å². The van der Waals surface area contributed by atoms with E-state index in [-0.39, 0.29) is 17.2 Å². The van der Waals surface area contributed by atoms with Gasteiger partial charge in [0, 0.05) is 16.9 Å². The molecule has 2 aromatic heterocycles. The molecule has 0 aliphatic rings. The van der Waals surface area contributed by atoms with E-state index in [4.69, 9.17) is 0 Å². The number of benzene rings is 1. The molecule has 0 spiro atoms. The minimum absolute atomic E-state index is 0.0209. The molecule has 23 heavy (non-hydrogen) atoms. The van der Waals surface area contributed by atoms with Crippen LogP contribution in [0.5, 0.6) is 0 Å². The van der Waals surface area contributed by atoms with Gasteiger partial charge >= 0.3 is 0 Å². The first-order chi connectivity index (χ1) is 11.1. The summed E-state index contributed by atoms with van der Waals surface area (Å²) in [5.41, 5.74) is 1.09. The first-order valence-electron chi connectivity index (χ1n) is 7.09. The van der Waals surface area contributed by atoms with E-state index in [1.807, 2.05) is 31.2 Å². The van der Waals surface area contributed by atoms with Crippen LogP contribution in [0.15, 0.2) is 64.1 Å². The summed E-state index contributed by atoms with van der Waals surface area (Å²) in [7, 11) is 0. The molecule has 0 radical (unpaired) electrons. The summed E-state index contributed by atoms with van der Waals surface area (Å²) >= 11 is 3.46. The molecule has 1 unspecified atom stereocenters. The second kappa shape index (κ2) is 6.34. The molecule has 1 aromatic carbocycles. The number of fused-ring (bicyclic) bond motifs is 1. The second-order valence-electron chi connectivity index (χ2n) is 5.12. The predicted octanol–water partition coefficient (Wildman–Crippen LogP) is 2.95. The Labute approximate surface area is 141 Å². The molecule has 6 heteroatoms. The second-order valence-corrected chi connectivity index (χ2v) is 5.98. The minimum atomic E-state index is -0.441. The minimum Gasteiger partial charge on any atom is -0.345 e. The van der Waals surface area contributed by atoms with Crippen molar-refractivity contribution >= 4 is 27.5 Å². The smallest absolute Gasteiger partial charge is 0.270 e. The molecule has 0 bridgehead atoms. The molecule has 0 saturated heterocycles. The lowest BCUT2D eigenvalue weighted by molar-refractivity contribution is 0.0937. The Kier molecular flexibility index (Phi) is 4.25. The maximum Gasteiger partial charge on any atom is 0.270 e. The summed E-state index contributed by atoms with van der Waals surface area (Å²) < 4.78 is 2.26. The number of rotatable bonds is 3. The first-order valence-corrected chi connectivity index (χ1v) is 7.89. The van der Waals surface area contributed by atoms with E-state index in [1.54, 1.807) is 24.4 Å². The normalized spacial score (nSPS) is 12.1. The molecule has 1 N–H and O–H groups in total. The van der Waals surface area contributed by atoms with Gasteiger partial charge in [-0.2, -0.15) is 0 Å². The summed E-state index contributed by atoms with van der Waals surface area (Å²) in [6.07, 6.45) is 2.92. The Morgan fingerprint density at radius 1 is 1.22 bits per heavy atom. The number of hydrogen-bond acceptors (Lipinski definition) is 3. The van der Waals surface area contributed by atoms with Gasteiger partial charge in [-0.1, -0.05) is 40.2 Å². The Balaban J connectivity index is 1.91. The number of nitrogens with zero attached hydrogens (tertiary/aromatic N) is 2. The van der Waals surface area contributed by atoms with Crippen LogP contribution in [0.2, 0.25) is 0 Å². The predicted molar refractivity (Wildman–Crippen MR) is 91.5 cm³/mol.